The highest BCUT2D eigenvalue weighted by Gasteiger charge is 2.20. The predicted molar refractivity (Wildman–Crippen MR) is 79.7 cm³/mol. The van der Waals surface area contributed by atoms with E-state index in [0.717, 1.165) is 17.4 Å². The van der Waals surface area contributed by atoms with Crippen molar-refractivity contribution in [3.8, 4) is 5.75 Å². The van der Waals surface area contributed by atoms with Crippen LogP contribution in [0.25, 0.3) is 0 Å². The highest BCUT2D eigenvalue weighted by molar-refractivity contribution is 7.92. The normalized spacial score (nSPS) is 11.3. The maximum absolute atomic E-state index is 12.2. The minimum absolute atomic E-state index is 0.0201. The number of rotatable bonds is 4. The maximum atomic E-state index is 12.2. The number of anilines is 1. The van der Waals surface area contributed by atoms with Crippen LogP contribution in [0.5, 0.6) is 5.75 Å². The lowest BCUT2D eigenvalue weighted by molar-refractivity contribution is 0.0702. The minimum atomic E-state index is -3.89. The van der Waals surface area contributed by atoms with E-state index in [1.165, 1.54) is 5.38 Å². The molecule has 3 N–H and O–H groups in total. The van der Waals surface area contributed by atoms with Crippen molar-refractivity contribution in [1.82, 2.24) is 0 Å². The summed E-state index contributed by atoms with van der Waals surface area (Å²) in [5.41, 5.74) is 1.30. The Balaban J connectivity index is 2.37. The van der Waals surface area contributed by atoms with Crippen molar-refractivity contribution in [3.63, 3.8) is 0 Å². The summed E-state index contributed by atoms with van der Waals surface area (Å²) in [6.45, 7) is 3.30. The van der Waals surface area contributed by atoms with E-state index in [-0.39, 0.29) is 21.2 Å². The van der Waals surface area contributed by atoms with Crippen LogP contribution < -0.4 is 4.72 Å². The number of carbonyl (C=O) groups is 1. The van der Waals surface area contributed by atoms with Gasteiger partial charge in [0.05, 0.1) is 10.6 Å². The standard InChI is InChI=1S/C13H13NO5S2/c1-7-3-4-10(8(2)12(7)15)14-21(18,19)9-5-11(13(16)17)20-6-9/h3-6,14-15H,1-2H3,(H,16,17). The third-order valence-electron chi connectivity index (χ3n) is 2.97. The number of aromatic carboxylic acids is 1. The van der Waals surface area contributed by atoms with E-state index < -0.39 is 16.0 Å². The van der Waals surface area contributed by atoms with Crippen LogP contribution >= 0.6 is 11.3 Å². The van der Waals surface area contributed by atoms with Crippen molar-refractivity contribution in [2.24, 2.45) is 0 Å². The van der Waals surface area contributed by atoms with Gasteiger partial charge < -0.3 is 10.2 Å². The van der Waals surface area contributed by atoms with Gasteiger partial charge in [-0.2, -0.15) is 0 Å². The zero-order valence-electron chi connectivity index (χ0n) is 11.2. The van der Waals surface area contributed by atoms with Gasteiger partial charge in [0.15, 0.2) is 0 Å². The summed E-state index contributed by atoms with van der Waals surface area (Å²) in [5.74, 6) is -1.16. The Hall–Kier alpha value is -2.06. The van der Waals surface area contributed by atoms with Crippen molar-refractivity contribution in [2.75, 3.05) is 4.72 Å². The number of hydrogen-bond donors (Lipinski definition) is 3. The van der Waals surface area contributed by atoms with Gasteiger partial charge in [0.2, 0.25) is 0 Å². The molecule has 0 amide bonds. The molecule has 2 aromatic rings. The molecule has 8 heteroatoms. The number of carboxylic acids is 1. The Morgan fingerprint density at radius 1 is 1.29 bits per heavy atom. The first kappa shape index (κ1) is 15.3. The first-order valence-corrected chi connectivity index (χ1v) is 8.22. The van der Waals surface area contributed by atoms with Gasteiger partial charge in [0, 0.05) is 10.9 Å². The Bertz CT molecular complexity index is 808. The second-order valence-electron chi connectivity index (χ2n) is 4.46. The molecule has 1 heterocycles. The Morgan fingerprint density at radius 2 is 1.95 bits per heavy atom. The van der Waals surface area contributed by atoms with Crippen LogP contribution in [-0.4, -0.2) is 24.6 Å². The van der Waals surface area contributed by atoms with Crippen molar-refractivity contribution < 1.29 is 23.4 Å². The third-order valence-corrected chi connectivity index (χ3v) is 5.39. The molecule has 21 heavy (non-hydrogen) atoms. The topological polar surface area (TPSA) is 104 Å². The van der Waals surface area contributed by atoms with Gasteiger partial charge in [-0.05, 0) is 31.5 Å². The lowest BCUT2D eigenvalue weighted by Gasteiger charge is -2.12. The van der Waals surface area contributed by atoms with Crippen molar-refractivity contribution in [1.29, 1.82) is 0 Å². The smallest absolute Gasteiger partial charge is 0.345 e. The summed E-state index contributed by atoms with van der Waals surface area (Å²) in [4.78, 5) is 10.6. The number of phenols is 1. The Labute approximate surface area is 125 Å². The van der Waals surface area contributed by atoms with Gasteiger partial charge in [-0.25, -0.2) is 13.2 Å². The van der Waals surface area contributed by atoms with Gasteiger partial charge >= 0.3 is 5.97 Å². The maximum Gasteiger partial charge on any atom is 0.345 e. The number of sulfonamides is 1. The molecular weight excluding hydrogens is 314 g/mol. The van der Waals surface area contributed by atoms with Crippen molar-refractivity contribution in [3.05, 3.63) is 39.6 Å². The number of benzene rings is 1. The van der Waals surface area contributed by atoms with E-state index in [4.69, 9.17) is 5.11 Å². The molecule has 0 saturated heterocycles. The van der Waals surface area contributed by atoms with Crippen LogP contribution in [0.2, 0.25) is 0 Å². The van der Waals surface area contributed by atoms with Gasteiger partial charge in [0.25, 0.3) is 10.0 Å². The number of aryl methyl sites for hydroxylation is 1. The van der Waals surface area contributed by atoms with Crippen molar-refractivity contribution >= 4 is 33.0 Å². The van der Waals surface area contributed by atoms with E-state index >= 15 is 0 Å². The molecular formula is C13H13NO5S2. The van der Waals surface area contributed by atoms with E-state index in [1.54, 1.807) is 26.0 Å². The summed E-state index contributed by atoms with van der Waals surface area (Å²) < 4.78 is 26.8. The molecule has 0 saturated carbocycles. The fourth-order valence-corrected chi connectivity index (χ4v) is 3.96. The van der Waals surface area contributed by atoms with Crippen LogP contribution in [0.4, 0.5) is 5.69 Å². The van der Waals surface area contributed by atoms with E-state index in [9.17, 15) is 18.3 Å². The molecule has 1 aromatic heterocycles. The van der Waals surface area contributed by atoms with E-state index in [1.807, 2.05) is 0 Å². The molecule has 112 valence electrons. The first-order chi connectivity index (χ1) is 9.72. The summed E-state index contributed by atoms with van der Waals surface area (Å²) in [6.07, 6.45) is 0. The fraction of sp³-hybridized carbons (Fsp3) is 0.154. The third kappa shape index (κ3) is 3.01. The zero-order valence-corrected chi connectivity index (χ0v) is 12.9. The molecule has 0 unspecified atom stereocenters. The largest absolute Gasteiger partial charge is 0.507 e. The number of thiophene rings is 1. The number of aromatic hydroxyl groups is 1. The summed E-state index contributed by atoms with van der Waals surface area (Å²) in [6, 6.07) is 4.24. The quantitative estimate of drug-likeness (QED) is 0.800. The minimum Gasteiger partial charge on any atom is -0.507 e. The van der Waals surface area contributed by atoms with Crippen LogP contribution in [0.3, 0.4) is 0 Å². The van der Waals surface area contributed by atoms with E-state index in [2.05, 4.69) is 4.72 Å². The summed E-state index contributed by atoms with van der Waals surface area (Å²) in [5, 5.41) is 19.9. The number of nitrogens with one attached hydrogen (secondary N) is 1. The summed E-state index contributed by atoms with van der Waals surface area (Å²) in [7, 11) is -3.89. The van der Waals surface area contributed by atoms with Crippen LogP contribution in [0.15, 0.2) is 28.5 Å². The van der Waals surface area contributed by atoms with Crippen LogP contribution in [0, 0.1) is 13.8 Å². The zero-order chi connectivity index (χ0) is 15.8. The van der Waals surface area contributed by atoms with Gasteiger partial charge in [-0.3, -0.25) is 4.72 Å². The fourth-order valence-electron chi connectivity index (χ4n) is 1.72. The second-order valence-corrected chi connectivity index (χ2v) is 7.05. The highest BCUT2D eigenvalue weighted by Crippen LogP contribution is 2.30. The monoisotopic (exact) mass is 327 g/mol. The average Bonchev–Trinajstić information content (AvgIpc) is 2.90. The van der Waals surface area contributed by atoms with Crippen LogP contribution in [0.1, 0.15) is 20.8 Å². The lowest BCUT2D eigenvalue weighted by atomic mass is 10.1. The van der Waals surface area contributed by atoms with E-state index in [0.29, 0.717) is 11.1 Å². The SMILES string of the molecule is Cc1ccc(NS(=O)(=O)c2csc(C(=O)O)c2)c(C)c1O. The Kier molecular flexibility index (Phi) is 3.93. The molecule has 0 spiro atoms. The molecule has 1 aromatic carbocycles. The molecule has 2 rings (SSSR count). The van der Waals surface area contributed by atoms with Gasteiger partial charge in [-0.1, -0.05) is 6.07 Å². The molecule has 0 bridgehead atoms. The predicted octanol–water partition coefficient (Wildman–Crippen LogP) is 2.57. The van der Waals surface area contributed by atoms with Crippen molar-refractivity contribution in [2.45, 2.75) is 18.7 Å². The molecule has 0 aliphatic heterocycles. The summed E-state index contributed by atoms with van der Waals surface area (Å²) >= 11 is 0.837. The Morgan fingerprint density at radius 3 is 2.52 bits per heavy atom. The molecule has 0 aliphatic rings. The average molecular weight is 327 g/mol. The molecule has 0 radical (unpaired) electrons. The molecule has 0 atom stereocenters. The second kappa shape index (κ2) is 5.38. The van der Waals surface area contributed by atoms with Gasteiger partial charge in [0.1, 0.15) is 10.6 Å². The first-order valence-electron chi connectivity index (χ1n) is 5.86. The number of phenolic OH excluding ortho intramolecular Hbond substituents is 1. The number of hydrogen-bond acceptors (Lipinski definition) is 5. The lowest BCUT2D eigenvalue weighted by Crippen LogP contribution is -2.13. The van der Waals surface area contributed by atoms with Gasteiger partial charge in [-0.15, -0.1) is 11.3 Å². The molecule has 0 fully saturated rings. The number of carboxylic acid groups (broad SMARTS) is 1. The highest BCUT2D eigenvalue weighted by atomic mass is 32.2. The molecule has 0 aliphatic carbocycles. The van der Waals surface area contributed by atoms with Crippen LogP contribution in [-0.2, 0) is 10.0 Å². The molecule has 6 nitrogen and oxygen atoms in total.